The number of hydrogen-bond donors (Lipinski definition) is 0. The molecule has 0 atom stereocenters. The van der Waals surface area contributed by atoms with Gasteiger partial charge in [0.05, 0.1) is 0 Å². The minimum atomic E-state index is -0.238. The molecule has 1 aromatic heterocycles. The van der Waals surface area contributed by atoms with Crippen LogP contribution in [0.1, 0.15) is 25.0 Å². The van der Waals surface area contributed by atoms with Crippen molar-refractivity contribution >= 4 is 98.0 Å². The fraction of sp³-hybridized carbons (Fsp3) is 0.0400. The summed E-state index contributed by atoms with van der Waals surface area (Å²) in [5.41, 5.74) is 19.0. The summed E-state index contributed by atoms with van der Waals surface area (Å²) in [7, 11) is 0. The number of para-hydroxylation sites is 2. The molecule has 0 saturated heterocycles. The molecule has 78 heavy (non-hydrogen) atoms. The Bertz CT molecular complexity index is 4540. The number of nitrogens with zero attached hydrogens (tertiary/aromatic N) is 2. The molecule has 0 saturated carbocycles. The third kappa shape index (κ3) is 7.53. The van der Waals surface area contributed by atoms with Gasteiger partial charge in [-0.25, -0.2) is 0 Å². The summed E-state index contributed by atoms with van der Waals surface area (Å²) in [5, 5.41) is 10.4. The second kappa shape index (κ2) is 18.3. The van der Waals surface area contributed by atoms with E-state index in [9.17, 15) is 0 Å². The van der Waals surface area contributed by atoms with Crippen molar-refractivity contribution in [3.05, 3.63) is 290 Å². The molecular weight excluding hydrogens is 961 g/mol. The van der Waals surface area contributed by atoms with Gasteiger partial charge in [-0.15, -0.1) is 11.3 Å². The quantitative estimate of drug-likeness (QED) is 0.133. The summed E-state index contributed by atoms with van der Waals surface area (Å²) in [6.45, 7) is 4.80. The molecule has 0 radical (unpaired) electrons. The molecule has 368 valence electrons. The molecule has 0 fully saturated rings. The van der Waals surface area contributed by atoms with Crippen LogP contribution in [0.3, 0.4) is 0 Å². The van der Waals surface area contributed by atoms with Crippen LogP contribution in [0.5, 0.6) is 0 Å². The van der Waals surface area contributed by atoms with Crippen LogP contribution in [0.15, 0.2) is 279 Å². The summed E-state index contributed by atoms with van der Waals surface area (Å²) in [5.74, 6) is 0. The lowest BCUT2D eigenvalue weighted by atomic mass is 9.81. The molecule has 1 aliphatic rings. The van der Waals surface area contributed by atoms with Crippen LogP contribution < -0.4 is 9.80 Å². The molecule has 13 aromatic carbocycles. The van der Waals surface area contributed by atoms with Crippen LogP contribution in [-0.2, 0) is 5.41 Å². The second-order valence-electron chi connectivity index (χ2n) is 21.2. The number of fused-ring (bicyclic) bond motifs is 12. The summed E-state index contributed by atoms with van der Waals surface area (Å²) in [6.07, 6.45) is 0. The first-order chi connectivity index (χ1) is 38.4. The smallest absolute Gasteiger partial charge is 0.0465 e. The van der Waals surface area contributed by atoms with E-state index in [1.165, 1.54) is 103 Å². The molecule has 2 nitrogen and oxygen atoms in total. The lowest BCUT2D eigenvalue weighted by Gasteiger charge is -2.28. The lowest BCUT2D eigenvalue weighted by molar-refractivity contribution is 0.660. The van der Waals surface area contributed by atoms with Gasteiger partial charge in [0.25, 0.3) is 0 Å². The largest absolute Gasteiger partial charge is 0.311 e. The Morgan fingerprint density at radius 2 is 0.654 bits per heavy atom. The van der Waals surface area contributed by atoms with Gasteiger partial charge in [0, 0.05) is 59.7 Å². The average molecular weight is 1010 g/mol. The molecule has 1 aliphatic carbocycles. The standard InChI is InChI=1S/C75H52N2S/c1-75(2)71-47-53(60-25-15-26-69-68-24-13-14-27-73(68)78-74(60)69)35-44-66(71)67-45-42-59(48-72(67)75)77(57-38-30-50(31-39-57)49-28-36-56(37-29-49)76(54-16-5-3-6-17-54)55-18-7-4-8-19-55)58-40-32-51(33-41-58)52-34-43-65-63-22-10-9-20-61(63)62-21-11-12-23-64(62)70(65)46-52/h3-48H,1-2H3. The van der Waals surface area contributed by atoms with Crippen molar-refractivity contribution in [2.75, 3.05) is 9.80 Å². The normalized spacial score (nSPS) is 12.6. The first-order valence-electron chi connectivity index (χ1n) is 27.0. The van der Waals surface area contributed by atoms with Gasteiger partial charge in [-0.2, -0.15) is 0 Å². The van der Waals surface area contributed by atoms with Gasteiger partial charge in [-0.3, -0.25) is 0 Å². The minimum Gasteiger partial charge on any atom is -0.311 e. The topological polar surface area (TPSA) is 6.48 Å². The lowest BCUT2D eigenvalue weighted by Crippen LogP contribution is -2.16. The summed E-state index contributed by atoms with van der Waals surface area (Å²) in [4.78, 5) is 4.74. The van der Waals surface area contributed by atoms with Gasteiger partial charge in [-0.05, 0) is 179 Å². The molecule has 1 heterocycles. The summed E-state index contributed by atoms with van der Waals surface area (Å²) < 4.78 is 2.68. The fourth-order valence-corrected chi connectivity index (χ4v) is 13.8. The minimum absolute atomic E-state index is 0.238. The Hall–Kier alpha value is -9.54. The van der Waals surface area contributed by atoms with Crippen LogP contribution in [0.2, 0.25) is 0 Å². The van der Waals surface area contributed by atoms with Crippen molar-refractivity contribution in [2.24, 2.45) is 0 Å². The van der Waals surface area contributed by atoms with Crippen molar-refractivity contribution in [1.29, 1.82) is 0 Å². The number of hydrogen-bond acceptors (Lipinski definition) is 3. The maximum atomic E-state index is 2.47. The van der Waals surface area contributed by atoms with Gasteiger partial charge in [0.15, 0.2) is 0 Å². The molecule has 14 aromatic rings. The van der Waals surface area contributed by atoms with Gasteiger partial charge < -0.3 is 9.80 Å². The molecular formula is C75H52N2S. The molecule has 0 spiro atoms. The van der Waals surface area contributed by atoms with E-state index in [1.807, 2.05) is 11.3 Å². The van der Waals surface area contributed by atoms with Gasteiger partial charge >= 0.3 is 0 Å². The highest BCUT2D eigenvalue weighted by Gasteiger charge is 2.36. The zero-order chi connectivity index (χ0) is 51.9. The van der Waals surface area contributed by atoms with Crippen molar-refractivity contribution in [1.82, 2.24) is 0 Å². The number of anilines is 6. The molecule has 15 rings (SSSR count). The highest BCUT2D eigenvalue weighted by atomic mass is 32.1. The highest BCUT2D eigenvalue weighted by molar-refractivity contribution is 7.26. The molecule has 3 heteroatoms. The Balaban J connectivity index is 0.807. The van der Waals surface area contributed by atoms with Gasteiger partial charge in [0.2, 0.25) is 0 Å². The van der Waals surface area contributed by atoms with E-state index >= 15 is 0 Å². The maximum Gasteiger partial charge on any atom is 0.0465 e. The van der Waals surface area contributed by atoms with E-state index in [4.69, 9.17) is 0 Å². The predicted molar refractivity (Wildman–Crippen MR) is 335 cm³/mol. The van der Waals surface area contributed by atoms with E-state index in [0.717, 1.165) is 39.7 Å². The predicted octanol–water partition coefficient (Wildman–Crippen LogP) is 21.8. The Kier molecular flexibility index (Phi) is 10.8. The van der Waals surface area contributed by atoms with E-state index in [1.54, 1.807) is 0 Å². The van der Waals surface area contributed by atoms with Crippen molar-refractivity contribution < 1.29 is 0 Å². The molecule has 0 unspecified atom stereocenters. The Labute approximate surface area is 459 Å². The zero-order valence-electron chi connectivity index (χ0n) is 43.4. The maximum absolute atomic E-state index is 2.47. The molecule has 0 bridgehead atoms. The zero-order valence-corrected chi connectivity index (χ0v) is 44.2. The first-order valence-corrected chi connectivity index (χ1v) is 27.8. The van der Waals surface area contributed by atoms with Crippen molar-refractivity contribution in [3.8, 4) is 44.5 Å². The third-order valence-electron chi connectivity index (χ3n) is 16.4. The van der Waals surface area contributed by atoms with Crippen molar-refractivity contribution in [2.45, 2.75) is 19.3 Å². The van der Waals surface area contributed by atoms with Crippen LogP contribution in [0.4, 0.5) is 34.1 Å². The van der Waals surface area contributed by atoms with E-state index in [2.05, 4.69) is 303 Å². The summed E-state index contributed by atoms with van der Waals surface area (Å²) >= 11 is 1.90. The highest BCUT2D eigenvalue weighted by Crippen LogP contribution is 2.53. The van der Waals surface area contributed by atoms with Crippen LogP contribution in [-0.4, -0.2) is 0 Å². The van der Waals surface area contributed by atoms with Crippen LogP contribution in [0.25, 0.3) is 97.0 Å². The number of rotatable bonds is 9. The van der Waals surface area contributed by atoms with Crippen LogP contribution >= 0.6 is 11.3 Å². The molecule has 0 aliphatic heterocycles. The first kappa shape index (κ1) is 45.8. The van der Waals surface area contributed by atoms with Gasteiger partial charge in [-0.1, -0.05) is 202 Å². The monoisotopic (exact) mass is 1010 g/mol. The van der Waals surface area contributed by atoms with E-state index < -0.39 is 0 Å². The number of benzene rings is 13. The molecule has 0 N–H and O–H groups in total. The summed E-state index contributed by atoms with van der Waals surface area (Å²) in [6, 6.07) is 103. The van der Waals surface area contributed by atoms with Gasteiger partial charge in [0.1, 0.15) is 0 Å². The average Bonchev–Trinajstić information content (AvgIpc) is 4.19. The third-order valence-corrected chi connectivity index (χ3v) is 17.7. The SMILES string of the molecule is CC1(C)c2cc(-c3cccc4c3sc3ccccc34)ccc2-c2ccc(N(c3ccc(-c4ccc(N(c5ccccc5)c5ccccc5)cc4)cc3)c3ccc(-c4ccc5c6ccccc6c6ccccc6c5c4)cc3)cc21. The Morgan fingerprint density at radius 1 is 0.256 bits per heavy atom. The van der Waals surface area contributed by atoms with E-state index in [-0.39, 0.29) is 5.41 Å². The van der Waals surface area contributed by atoms with E-state index in [0.29, 0.717) is 0 Å². The van der Waals surface area contributed by atoms with Crippen LogP contribution in [0, 0.1) is 0 Å². The van der Waals surface area contributed by atoms with Crippen molar-refractivity contribution in [3.63, 3.8) is 0 Å². The second-order valence-corrected chi connectivity index (χ2v) is 22.3. The fourth-order valence-electron chi connectivity index (χ4n) is 12.6. The Morgan fingerprint density at radius 3 is 1.23 bits per heavy atom. The number of thiophene rings is 1. The molecule has 0 amide bonds.